The van der Waals surface area contributed by atoms with E-state index in [0.717, 1.165) is 5.56 Å². The number of carbonyl (C=O) groups excluding carboxylic acids is 1. The van der Waals surface area contributed by atoms with Crippen molar-refractivity contribution in [3.05, 3.63) is 29.3 Å². The Morgan fingerprint density at radius 1 is 1.33 bits per heavy atom. The average Bonchev–Trinajstić information content (AvgIpc) is 2.25. The fourth-order valence-electron chi connectivity index (χ4n) is 1.21. The van der Waals surface area contributed by atoms with Gasteiger partial charge in [0.2, 0.25) is 0 Å². The van der Waals surface area contributed by atoms with Crippen LogP contribution in [0.15, 0.2) is 18.2 Å². The van der Waals surface area contributed by atoms with E-state index in [1.165, 1.54) is 14.0 Å². The van der Waals surface area contributed by atoms with Crippen molar-refractivity contribution < 1.29 is 19.3 Å². The zero-order valence-corrected chi connectivity index (χ0v) is 9.07. The molecule has 82 valence electrons. The van der Waals surface area contributed by atoms with E-state index in [9.17, 15) is 4.79 Å². The van der Waals surface area contributed by atoms with Gasteiger partial charge in [-0.3, -0.25) is 4.79 Å². The molecule has 4 heteroatoms. The van der Waals surface area contributed by atoms with E-state index in [1.54, 1.807) is 25.3 Å². The second-order valence-electron chi connectivity index (χ2n) is 3.01. The Labute approximate surface area is 88.7 Å². The summed E-state index contributed by atoms with van der Waals surface area (Å²) >= 11 is 0. The van der Waals surface area contributed by atoms with E-state index < -0.39 is 0 Å². The molecule has 0 aliphatic heterocycles. The van der Waals surface area contributed by atoms with Crippen LogP contribution in [0.2, 0.25) is 0 Å². The molecule has 0 radical (unpaired) electrons. The third-order valence-corrected chi connectivity index (χ3v) is 2.03. The summed E-state index contributed by atoms with van der Waals surface area (Å²) in [5, 5.41) is 0. The van der Waals surface area contributed by atoms with E-state index in [-0.39, 0.29) is 12.4 Å². The number of benzene rings is 1. The molecule has 0 saturated heterocycles. The lowest BCUT2D eigenvalue weighted by molar-refractivity contribution is -0.282. The standard InChI is InChI=1S/C11H14O4/c1-8(12)9-4-5-10(7-15-14-3)11(6-9)13-2/h4-6H,7H2,1-3H3. The summed E-state index contributed by atoms with van der Waals surface area (Å²) in [6.07, 6.45) is 0. The van der Waals surface area contributed by atoms with Gasteiger partial charge in [0, 0.05) is 11.1 Å². The minimum Gasteiger partial charge on any atom is -0.496 e. The van der Waals surface area contributed by atoms with Crippen molar-refractivity contribution in [3.8, 4) is 5.75 Å². The highest BCUT2D eigenvalue weighted by atomic mass is 17.2. The van der Waals surface area contributed by atoms with Crippen LogP contribution in [-0.2, 0) is 16.4 Å². The first-order valence-corrected chi connectivity index (χ1v) is 4.52. The van der Waals surface area contributed by atoms with Crippen molar-refractivity contribution in [3.63, 3.8) is 0 Å². The zero-order valence-electron chi connectivity index (χ0n) is 9.07. The number of rotatable bonds is 5. The molecule has 1 rings (SSSR count). The second-order valence-corrected chi connectivity index (χ2v) is 3.01. The fraction of sp³-hybridized carbons (Fsp3) is 0.364. The van der Waals surface area contributed by atoms with Crippen LogP contribution in [0, 0.1) is 0 Å². The molecule has 0 spiro atoms. The Hall–Kier alpha value is -1.39. The molecule has 15 heavy (non-hydrogen) atoms. The van der Waals surface area contributed by atoms with Gasteiger partial charge in [-0.25, -0.2) is 9.78 Å². The van der Waals surface area contributed by atoms with E-state index in [4.69, 9.17) is 9.62 Å². The minimum absolute atomic E-state index is 0.00695. The number of methoxy groups -OCH3 is 1. The van der Waals surface area contributed by atoms with Crippen molar-refractivity contribution in [1.29, 1.82) is 0 Å². The Kier molecular flexibility index (Phi) is 4.27. The number of hydrogen-bond acceptors (Lipinski definition) is 4. The maximum atomic E-state index is 11.1. The second kappa shape index (κ2) is 5.48. The number of hydrogen-bond donors (Lipinski definition) is 0. The first-order chi connectivity index (χ1) is 7.19. The first kappa shape index (κ1) is 11.7. The van der Waals surface area contributed by atoms with Crippen LogP contribution in [0.25, 0.3) is 0 Å². The van der Waals surface area contributed by atoms with Crippen molar-refractivity contribution in [2.45, 2.75) is 13.5 Å². The summed E-state index contributed by atoms with van der Waals surface area (Å²) in [5.74, 6) is 0.632. The maximum Gasteiger partial charge on any atom is 0.159 e. The van der Waals surface area contributed by atoms with Gasteiger partial charge in [0.05, 0.1) is 14.2 Å². The summed E-state index contributed by atoms with van der Waals surface area (Å²) in [5.41, 5.74) is 1.46. The molecule has 0 amide bonds. The van der Waals surface area contributed by atoms with Crippen LogP contribution in [0.5, 0.6) is 5.75 Å². The predicted molar refractivity (Wildman–Crippen MR) is 54.8 cm³/mol. The summed E-state index contributed by atoms with van der Waals surface area (Å²) in [6, 6.07) is 5.21. The molecule has 4 nitrogen and oxygen atoms in total. The predicted octanol–water partition coefficient (Wildman–Crippen LogP) is 1.98. The van der Waals surface area contributed by atoms with Gasteiger partial charge in [-0.1, -0.05) is 12.1 Å². The van der Waals surface area contributed by atoms with Crippen molar-refractivity contribution in [1.82, 2.24) is 0 Å². The monoisotopic (exact) mass is 210 g/mol. The van der Waals surface area contributed by atoms with Crippen LogP contribution in [0.4, 0.5) is 0 Å². The largest absolute Gasteiger partial charge is 0.496 e. The average molecular weight is 210 g/mol. The molecule has 0 unspecified atom stereocenters. The highest BCUT2D eigenvalue weighted by molar-refractivity contribution is 5.94. The van der Waals surface area contributed by atoms with E-state index in [2.05, 4.69) is 4.89 Å². The SMILES string of the molecule is COOCc1ccc(C(C)=O)cc1OC. The molecule has 0 N–H and O–H groups in total. The molecule has 0 saturated carbocycles. The van der Waals surface area contributed by atoms with Gasteiger partial charge < -0.3 is 4.74 Å². The normalized spacial score (nSPS) is 10.1. The van der Waals surface area contributed by atoms with E-state index >= 15 is 0 Å². The molecule has 0 aliphatic rings. The van der Waals surface area contributed by atoms with Crippen LogP contribution >= 0.6 is 0 Å². The topological polar surface area (TPSA) is 44.8 Å². The summed E-state index contributed by atoms with van der Waals surface area (Å²) in [4.78, 5) is 20.4. The molecule has 0 atom stereocenters. The third-order valence-electron chi connectivity index (χ3n) is 2.03. The van der Waals surface area contributed by atoms with Crippen LogP contribution in [0.3, 0.4) is 0 Å². The zero-order chi connectivity index (χ0) is 11.3. The molecule has 0 heterocycles. The van der Waals surface area contributed by atoms with E-state index in [1.807, 2.05) is 0 Å². The smallest absolute Gasteiger partial charge is 0.159 e. The van der Waals surface area contributed by atoms with E-state index in [0.29, 0.717) is 11.3 Å². The van der Waals surface area contributed by atoms with Gasteiger partial charge in [-0.2, -0.15) is 0 Å². The first-order valence-electron chi connectivity index (χ1n) is 4.52. The Balaban J connectivity index is 2.93. The highest BCUT2D eigenvalue weighted by Crippen LogP contribution is 2.21. The number of Topliss-reactive ketones (excluding diaryl/α,β-unsaturated/α-hetero) is 1. The molecular weight excluding hydrogens is 196 g/mol. The molecule has 0 aromatic heterocycles. The number of ketones is 1. The van der Waals surface area contributed by atoms with Gasteiger partial charge in [0.25, 0.3) is 0 Å². The Morgan fingerprint density at radius 3 is 2.60 bits per heavy atom. The van der Waals surface area contributed by atoms with Crippen LogP contribution in [0.1, 0.15) is 22.8 Å². The maximum absolute atomic E-state index is 11.1. The lowest BCUT2D eigenvalue weighted by Gasteiger charge is -2.08. The Bertz CT molecular complexity index is 346. The van der Waals surface area contributed by atoms with Crippen LogP contribution < -0.4 is 4.74 Å². The van der Waals surface area contributed by atoms with Gasteiger partial charge in [-0.05, 0) is 13.0 Å². The lowest BCUT2D eigenvalue weighted by atomic mass is 10.1. The Morgan fingerprint density at radius 2 is 2.07 bits per heavy atom. The number of ether oxygens (including phenoxy) is 1. The third kappa shape index (κ3) is 3.04. The van der Waals surface area contributed by atoms with Gasteiger partial charge >= 0.3 is 0 Å². The molecule has 1 aromatic carbocycles. The van der Waals surface area contributed by atoms with Crippen molar-refractivity contribution >= 4 is 5.78 Å². The quantitative estimate of drug-likeness (QED) is 0.423. The van der Waals surface area contributed by atoms with Crippen molar-refractivity contribution in [2.75, 3.05) is 14.2 Å². The van der Waals surface area contributed by atoms with Gasteiger partial charge in [0.1, 0.15) is 12.4 Å². The minimum atomic E-state index is 0.00695. The molecule has 0 aliphatic carbocycles. The molecular formula is C11H14O4. The van der Waals surface area contributed by atoms with Crippen LogP contribution in [-0.4, -0.2) is 20.0 Å². The molecule has 0 bridgehead atoms. The van der Waals surface area contributed by atoms with Gasteiger partial charge in [-0.15, -0.1) is 0 Å². The lowest BCUT2D eigenvalue weighted by Crippen LogP contribution is -1.99. The highest BCUT2D eigenvalue weighted by Gasteiger charge is 2.07. The molecule has 1 aromatic rings. The fourth-order valence-corrected chi connectivity index (χ4v) is 1.21. The van der Waals surface area contributed by atoms with Gasteiger partial charge in [0.15, 0.2) is 5.78 Å². The summed E-state index contributed by atoms with van der Waals surface area (Å²) in [7, 11) is 2.99. The summed E-state index contributed by atoms with van der Waals surface area (Å²) in [6.45, 7) is 1.80. The number of carbonyl (C=O) groups is 1. The van der Waals surface area contributed by atoms with Crippen molar-refractivity contribution in [2.24, 2.45) is 0 Å². The molecule has 0 fully saturated rings. The summed E-state index contributed by atoms with van der Waals surface area (Å²) < 4.78 is 5.15.